The van der Waals surface area contributed by atoms with Gasteiger partial charge in [0.2, 0.25) is 5.88 Å². The Morgan fingerprint density at radius 1 is 1.10 bits per heavy atom. The standard InChI is InChI=1S/C36H40FN7O5/c1-36(2,3)49-33(45)19-40-35(46)25-6-7-29-30(17-25)44(20-27-11-15-47-27)31(41-29)21-43-13-9-24(10-14-43)34-39-12-8-32(42-34)48-22-26-5-4-23(18-38)16-28(26)37/h4-8,12,16-17,24,27H,9-11,13-15,19-22H2,1-3H3,(H,40,46)/t27-/m0/s1. The number of amides is 1. The van der Waals surface area contributed by atoms with Crippen molar-refractivity contribution in [3.63, 3.8) is 0 Å². The van der Waals surface area contributed by atoms with Gasteiger partial charge in [-0.2, -0.15) is 10.2 Å². The van der Waals surface area contributed by atoms with Crippen LogP contribution in [0.2, 0.25) is 0 Å². The number of hydrogen-bond donors (Lipinski definition) is 1. The third-order valence-electron chi connectivity index (χ3n) is 8.61. The first-order valence-electron chi connectivity index (χ1n) is 16.5. The molecule has 0 bridgehead atoms. The highest BCUT2D eigenvalue weighted by Gasteiger charge is 2.27. The van der Waals surface area contributed by atoms with Crippen molar-refractivity contribution in [1.29, 1.82) is 5.26 Å². The molecule has 0 unspecified atom stereocenters. The summed E-state index contributed by atoms with van der Waals surface area (Å²) in [6, 6.07) is 13.3. The Morgan fingerprint density at radius 2 is 1.90 bits per heavy atom. The Morgan fingerprint density at radius 3 is 2.59 bits per heavy atom. The van der Waals surface area contributed by atoms with E-state index in [9.17, 15) is 14.0 Å². The molecule has 13 heteroatoms. The number of nitrogens with one attached hydrogen (secondary N) is 1. The number of fused-ring (bicyclic) bond motifs is 1. The molecule has 2 aliphatic heterocycles. The number of rotatable bonds is 11. The van der Waals surface area contributed by atoms with E-state index in [1.807, 2.05) is 18.2 Å². The first-order valence-corrected chi connectivity index (χ1v) is 16.5. The highest BCUT2D eigenvalue weighted by molar-refractivity contribution is 5.98. The molecule has 1 amide bonds. The van der Waals surface area contributed by atoms with Crippen LogP contribution in [-0.2, 0) is 34.0 Å². The molecule has 1 N–H and O–H groups in total. The van der Waals surface area contributed by atoms with Gasteiger partial charge in [0.1, 0.15) is 36.2 Å². The fraction of sp³-hybridized carbons (Fsp3) is 0.444. The lowest BCUT2D eigenvalue weighted by Crippen LogP contribution is -2.35. The number of nitrogens with zero attached hydrogens (tertiary/aromatic N) is 6. The third-order valence-corrected chi connectivity index (χ3v) is 8.61. The Bertz CT molecular complexity index is 1870. The topological polar surface area (TPSA) is 144 Å². The van der Waals surface area contributed by atoms with Crippen molar-refractivity contribution in [1.82, 2.24) is 29.7 Å². The van der Waals surface area contributed by atoms with Crippen molar-refractivity contribution in [2.75, 3.05) is 26.2 Å². The molecule has 4 heterocycles. The number of hydrogen-bond acceptors (Lipinski definition) is 10. The molecule has 2 aromatic carbocycles. The summed E-state index contributed by atoms with van der Waals surface area (Å²) in [5.74, 6) is 0.777. The molecule has 2 fully saturated rings. The fourth-order valence-corrected chi connectivity index (χ4v) is 5.97. The van der Waals surface area contributed by atoms with Crippen LogP contribution in [0.3, 0.4) is 0 Å². The van der Waals surface area contributed by atoms with Gasteiger partial charge >= 0.3 is 5.97 Å². The normalized spacial score (nSPS) is 16.9. The smallest absolute Gasteiger partial charge is 0.325 e. The SMILES string of the molecule is CC(C)(C)OC(=O)CNC(=O)c1ccc2nc(CN3CCC(c4nccc(OCc5ccc(C#N)cc5F)n4)CC3)n(C[C@@H]3CCO3)c2c1. The van der Waals surface area contributed by atoms with E-state index < -0.39 is 17.4 Å². The van der Waals surface area contributed by atoms with Gasteiger partial charge in [-0.3, -0.25) is 14.5 Å². The Hall–Kier alpha value is -4.93. The molecule has 2 aromatic heterocycles. The van der Waals surface area contributed by atoms with Crippen LogP contribution in [0, 0.1) is 17.1 Å². The molecular formula is C36H40FN7O5. The third kappa shape index (κ3) is 8.57. The highest BCUT2D eigenvalue weighted by atomic mass is 19.1. The van der Waals surface area contributed by atoms with Crippen molar-refractivity contribution in [3.05, 3.63) is 82.8 Å². The summed E-state index contributed by atoms with van der Waals surface area (Å²) in [6.07, 6.45) is 4.41. The van der Waals surface area contributed by atoms with Crippen LogP contribution in [0.25, 0.3) is 11.0 Å². The van der Waals surface area contributed by atoms with E-state index in [1.165, 1.54) is 6.07 Å². The lowest BCUT2D eigenvalue weighted by atomic mass is 9.96. The second-order valence-electron chi connectivity index (χ2n) is 13.4. The predicted molar refractivity (Wildman–Crippen MR) is 177 cm³/mol. The molecule has 2 saturated heterocycles. The van der Waals surface area contributed by atoms with Crippen LogP contribution in [0.4, 0.5) is 4.39 Å². The zero-order valence-corrected chi connectivity index (χ0v) is 27.9. The highest BCUT2D eigenvalue weighted by Crippen LogP contribution is 2.29. The molecule has 0 aliphatic carbocycles. The summed E-state index contributed by atoms with van der Waals surface area (Å²) in [7, 11) is 0. The number of esters is 1. The van der Waals surface area contributed by atoms with E-state index >= 15 is 0 Å². The summed E-state index contributed by atoms with van der Waals surface area (Å²) < 4.78 is 33.3. The lowest BCUT2D eigenvalue weighted by Gasteiger charge is -2.32. The number of likely N-dealkylation sites (tertiary alicyclic amines) is 1. The number of piperidine rings is 1. The molecule has 0 spiro atoms. The number of imidazole rings is 1. The van der Waals surface area contributed by atoms with Crippen molar-refractivity contribution in [3.8, 4) is 11.9 Å². The zero-order valence-electron chi connectivity index (χ0n) is 27.9. The van der Waals surface area contributed by atoms with Gasteiger partial charge in [-0.1, -0.05) is 6.07 Å². The number of carbonyl (C=O) groups is 2. The maximum absolute atomic E-state index is 14.3. The average molecular weight is 670 g/mol. The number of halogens is 1. The van der Waals surface area contributed by atoms with E-state index in [0.717, 1.165) is 55.8 Å². The van der Waals surface area contributed by atoms with E-state index in [1.54, 1.807) is 51.2 Å². The van der Waals surface area contributed by atoms with Crippen LogP contribution in [-0.4, -0.2) is 74.2 Å². The number of carbonyl (C=O) groups excluding carboxylic acids is 2. The molecule has 12 nitrogen and oxygen atoms in total. The Labute approximate surface area is 284 Å². The molecule has 49 heavy (non-hydrogen) atoms. The summed E-state index contributed by atoms with van der Waals surface area (Å²) in [6.45, 7) is 8.76. The molecule has 1 atom stereocenters. The minimum absolute atomic E-state index is 0.00240. The number of nitriles is 1. The first-order chi connectivity index (χ1) is 23.5. The first kappa shape index (κ1) is 34.0. The van der Waals surface area contributed by atoms with Crippen LogP contribution < -0.4 is 10.1 Å². The average Bonchev–Trinajstić information content (AvgIpc) is 3.40. The van der Waals surface area contributed by atoms with E-state index in [4.69, 9.17) is 24.5 Å². The molecule has 0 radical (unpaired) electrons. The van der Waals surface area contributed by atoms with Crippen LogP contribution in [0.15, 0.2) is 48.7 Å². The molecule has 6 rings (SSSR count). The second-order valence-corrected chi connectivity index (χ2v) is 13.4. The van der Waals surface area contributed by atoms with Crippen LogP contribution in [0.5, 0.6) is 5.88 Å². The van der Waals surface area contributed by atoms with Gasteiger partial charge in [0.25, 0.3) is 5.91 Å². The van der Waals surface area contributed by atoms with Gasteiger partial charge < -0.3 is 24.1 Å². The number of aromatic nitrogens is 4. The van der Waals surface area contributed by atoms with E-state index in [2.05, 4.69) is 24.8 Å². The minimum atomic E-state index is -0.631. The Kier molecular flexibility index (Phi) is 10.2. The summed E-state index contributed by atoms with van der Waals surface area (Å²) in [4.78, 5) is 41.5. The van der Waals surface area contributed by atoms with Crippen LogP contribution >= 0.6 is 0 Å². The Balaban J connectivity index is 1.09. The van der Waals surface area contributed by atoms with Gasteiger partial charge in [-0.05, 0) is 83.5 Å². The monoisotopic (exact) mass is 669 g/mol. The van der Waals surface area contributed by atoms with Gasteiger partial charge in [0.05, 0.1) is 41.9 Å². The van der Waals surface area contributed by atoms with Crippen LogP contribution in [0.1, 0.15) is 79.1 Å². The largest absolute Gasteiger partial charge is 0.473 e. The van der Waals surface area contributed by atoms with Crippen molar-refractivity contribution >= 4 is 22.9 Å². The molecule has 0 saturated carbocycles. The molecular weight excluding hydrogens is 629 g/mol. The summed E-state index contributed by atoms with van der Waals surface area (Å²) >= 11 is 0. The number of ether oxygens (including phenoxy) is 3. The summed E-state index contributed by atoms with van der Waals surface area (Å²) in [5.41, 5.74) is 2.05. The zero-order chi connectivity index (χ0) is 34.5. The number of benzene rings is 2. The van der Waals surface area contributed by atoms with Gasteiger partial charge in [-0.15, -0.1) is 0 Å². The second kappa shape index (κ2) is 14.7. The van der Waals surface area contributed by atoms with Gasteiger partial charge in [-0.25, -0.2) is 14.4 Å². The van der Waals surface area contributed by atoms with Gasteiger partial charge in [0, 0.05) is 35.9 Å². The quantitative estimate of drug-likeness (QED) is 0.224. The maximum Gasteiger partial charge on any atom is 0.325 e. The van der Waals surface area contributed by atoms with Gasteiger partial charge in [0.15, 0.2) is 0 Å². The van der Waals surface area contributed by atoms with E-state index in [0.29, 0.717) is 35.9 Å². The van der Waals surface area contributed by atoms with Crippen molar-refractivity contribution in [2.45, 2.75) is 77.4 Å². The van der Waals surface area contributed by atoms with E-state index in [-0.39, 0.29) is 36.6 Å². The summed E-state index contributed by atoms with van der Waals surface area (Å²) in [5, 5.41) is 11.6. The fourth-order valence-electron chi connectivity index (χ4n) is 5.97. The molecule has 256 valence electrons. The molecule has 2 aliphatic rings. The van der Waals surface area contributed by atoms with Crippen molar-refractivity contribution < 1.29 is 28.2 Å². The lowest BCUT2D eigenvalue weighted by molar-refractivity contribution is -0.153. The maximum atomic E-state index is 14.3. The minimum Gasteiger partial charge on any atom is -0.473 e. The predicted octanol–water partition coefficient (Wildman–Crippen LogP) is 4.66. The van der Waals surface area contributed by atoms with Crippen molar-refractivity contribution in [2.24, 2.45) is 0 Å². The molecule has 4 aromatic rings.